The molecule has 0 N–H and O–H groups in total. The van der Waals surface area contributed by atoms with Gasteiger partial charge in [0.05, 0.1) is 17.7 Å². The van der Waals surface area contributed by atoms with Crippen LogP contribution in [0.5, 0.6) is 5.75 Å². The van der Waals surface area contributed by atoms with Crippen LogP contribution in [-0.2, 0) is 16.4 Å². The van der Waals surface area contributed by atoms with Crippen LogP contribution in [0.1, 0.15) is 18.1 Å². The Labute approximate surface area is 131 Å². The minimum absolute atomic E-state index is 0.0797. The summed E-state index contributed by atoms with van der Waals surface area (Å²) in [5.74, 6) is 0.659. The van der Waals surface area contributed by atoms with Crippen LogP contribution in [0.25, 0.3) is 0 Å². The molecule has 0 unspecified atom stereocenters. The molecule has 3 rings (SSSR count). The zero-order valence-electron chi connectivity index (χ0n) is 12.9. The van der Waals surface area contributed by atoms with Crippen LogP contribution in [-0.4, -0.2) is 21.6 Å². The van der Waals surface area contributed by atoms with Crippen molar-refractivity contribution in [1.82, 2.24) is 0 Å². The molecule has 5 heteroatoms. The normalized spacial score (nSPS) is 17.4. The molecule has 0 aromatic heterocycles. The third-order valence-corrected chi connectivity index (χ3v) is 6.15. The van der Waals surface area contributed by atoms with Gasteiger partial charge in [-0.1, -0.05) is 18.2 Å². The molecule has 2 aromatic carbocycles. The van der Waals surface area contributed by atoms with Gasteiger partial charge in [-0.3, -0.25) is 4.31 Å². The Morgan fingerprint density at radius 2 is 1.91 bits per heavy atom. The fourth-order valence-electron chi connectivity index (χ4n) is 3.05. The van der Waals surface area contributed by atoms with Gasteiger partial charge in [-0.25, -0.2) is 8.42 Å². The highest BCUT2D eigenvalue weighted by molar-refractivity contribution is 7.93. The Bertz CT molecular complexity index is 814. The highest BCUT2D eigenvalue weighted by Gasteiger charge is 2.36. The third-order valence-electron chi connectivity index (χ3n) is 4.06. The second-order valence-corrected chi connectivity index (χ2v) is 7.40. The molecule has 0 saturated carbocycles. The van der Waals surface area contributed by atoms with Gasteiger partial charge in [0.2, 0.25) is 0 Å². The molecule has 0 aliphatic carbocycles. The summed E-state index contributed by atoms with van der Waals surface area (Å²) in [6.45, 7) is 3.73. The molecule has 0 saturated heterocycles. The number of benzene rings is 2. The Balaban J connectivity index is 2.11. The largest absolute Gasteiger partial charge is 0.497 e. The minimum atomic E-state index is -3.58. The van der Waals surface area contributed by atoms with E-state index in [1.807, 2.05) is 31.2 Å². The predicted octanol–water partition coefficient (Wildman–Crippen LogP) is 3.14. The highest BCUT2D eigenvalue weighted by Crippen LogP contribution is 2.37. The average molecular weight is 317 g/mol. The third kappa shape index (κ3) is 2.25. The lowest BCUT2D eigenvalue weighted by atomic mass is 10.1. The van der Waals surface area contributed by atoms with Crippen LogP contribution < -0.4 is 9.04 Å². The van der Waals surface area contributed by atoms with Gasteiger partial charge in [0, 0.05) is 6.04 Å². The first kappa shape index (κ1) is 14.9. The lowest BCUT2D eigenvalue weighted by Gasteiger charge is -2.25. The molecule has 1 aliphatic heterocycles. The molecule has 1 aliphatic rings. The monoisotopic (exact) mass is 317 g/mol. The summed E-state index contributed by atoms with van der Waals surface area (Å²) < 4.78 is 32.9. The van der Waals surface area contributed by atoms with E-state index in [-0.39, 0.29) is 6.04 Å². The maximum Gasteiger partial charge on any atom is 0.264 e. The molecule has 0 spiro atoms. The Morgan fingerprint density at radius 1 is 1.18 bits per heavy atom. The average Bonchev–Trinajstić information content (AvgIpc) is 2.83. The van der Waals surface area contributed by atoms with E-state index in [9.17, 15) is 8.42 Å². The Morgan fingerprint density at radius 3 is 2.59 bits per heavy atom. The van der Waals surface area contributed by atoms with E-state index in [1.165, 1.54) is 4.31 Å². The lowest BCUT2D eigenvalue weighted by Crippen LogP contribution is -2.36. The second-order valence-electron chi connectivity index (χ2n) is 5.61. The molecule has 1 atom stereocenters. The molecule has 2 aromatic rings. The topological polar surface area (TPSA) is 46.6 Å². The SMILES string of the molecule is COc1ccc(S(=O)(=O)N2c3ccccc3C[C@H]2C)c(C)c1. The fraction of sp³-hybridized carbons (Fsp3) is 0.294. The number of ether oxygens (including phenoxy) is 1. The van der Waals surface area contributed by atoms with E-state index < -0.39 is 10.0 Å². The molecule has 0 bridgehead atoms. The number of para-hydroxylation sites is 1. The van der Waals surface area contributed by atoms with E-state index in [1.54, 1.807) is 32.2 Å². The standard InChI is InChI=1S/C17H19NO3S/c1-12-10-15(21-3)8-9-17(12)22(19,20)18-13(2)11-14-6-4-5-7-16(14)18/h4-10,13H,11H2,1-3H3/t13-/m1/s1. The molecule has 116 valence electrons. The highest BCUT2D eigenvalue weighted by atomic mass is 32.2. The van der Waals surface area contributed by atoms with Crippen LogP contribution >= 0.6 is 0 Å². The summed E-state index contributed by atoms with van der Waals surface area (Å²) in [5, 5.41) is 0. The first-order valence-corrected chi connectivity index (χ1v) is 8.66. The minimum Gasteiger partial charge on any atom is -0.497 e. The van der Waals surface area contributed by atoms with Crippen LogP contribution in [0.2, 0.25) is 0 Å². The Kier molecular flexibility index (Phi) is 3.60. The van der Waals surface area contributed by atoms with E-state index in [0.717, 1.165) is 17.7 Å². The van der Waals surface area contributed by atoms with Crippen molar-refractivity contribution in [2.75, 3.05) is 11.4 Å². The van der Waals surface area contributed by atoms with Crippen LogP contribution in [0.4, 0.5) is 5.69 Å². The maximum atomic E-state index is 13.1. The number of aryl methyl sites for hydroxylation is 1. The summed E-state index contributed by atoms with van der Waals surface area (Å²) in [6.07, 6.45) is 0.741. The van der Waals surface area contributed by atoms with Gasteiger partial charge >= 0.3 is 0 Å². The molecular weight excluding hydrogens is 298 g/mol. The molecule has 4 nitrogen and oxygen atoms in total. The zero-order valence-corrected chi connectivity index (χ0v) is 13.7. The van der Waals surface area contributed by atoms with E-state index in [4.69, 9.17) is 4.74 Å². The second kappa shape index (κ2) is 5.32. The maximum absolute atomic E-state index is 13.1. The van der Waals surface area contributed by atoms with Gasteiger partial charge in [0.15, 0.2) is 0 Å². The zero-order chi connectivity index (χ0) is 15.9. The number of fused-ring (bicyclic) bond motifs is 1. The summed E-state index contributed by atoms with van der Waals surface area (Å²) in [7, 11) is -2.01. The van der Waals surface area contributed by atoms with Gasteiger partial charge in [-0.05, 0) is 55.7 Å². The summed E-state index contributed by atoms with van der Waals surface area (Å²) >= 11 is 0. The van der Waals surface area contributed by atoms with Gasteiger partial charge < -0.3 is 4.74 Å². The number of nitrogens with zero attached hydrogens (tertiary/aromatic N) is 1. The van der Waals surface area contributed by atoms with Crippen molar-refractivity contribution in [3.8, 4) is 5.75 Å². The number of sulfonamides is 1. The number of hydrogen-bond donors (Lipinski definition) is 0. The smallest absolute Gasteiger partial charge is 0.264 e. The number of hydrogen-bond acceptors (Lipinski definition) is 3. The summed E-state index contributed by atoms with van der Waals surface area (Å²) in [4.78, 5) is 0.330. The summed E-state index contributed by atoms with van der Waals surface area (Å²) in [5.41, 5.74) is 2.55. The lowest BCUT2D eigenvalue weighted by molar-refractivity contribution is 0.414. The van der Waals surface area contributed by atoms with Gasteiger partial charge in [0.25, 0.3) is 10.0 Å². The number of anilines is 1. The van der Waals surface area contributed by atoms with Gasteiger partial charge in [0.1, 0.15) is 5.75 Å². The quantitative estimate of drug-likeness (QED) is 0.873. The fourth-order valence-corrected chi connectivity index (χ4v) is 4.95. The number of methoxy groups -OCH3 is 1. The van der Waals surface area contributed by atoms with Crippen molar-refractivity contribution < 1.29 is 13.2 Å². The first-order valence-electron chi connectivity index (χ1n) is 7.22. The molecule has 0 radical (unpaired) electrons. The first-order chi connectivity index (χ1) is 10.4. The van der Waals surface area contributed by atoms with E-state index in [2.05, 4.69) is 0 Å². The summed E-state index contributed by atoms with van der Waals surface area (Å²) in [6, 6.07) is 12.7. The van der Waals surface area contributed by atoms with Crippen molar-refractivity contribution in [3.63, 3.8) is 0 Å². The van der Waals surface area contributed by atoms with Crippen molar-refractivity contribution in [2.45, 2.75) is 31.2 Å². The van der Waals surface area contributed by atoms with Crippen LogP contribution in [0.15, 0.2) is 47.4 Å². The van der Waals surface area contributed by atoms with Gasteiger partial charge in [-0.2, -0.15) is 0 Å². The van der Waals surface area contributed by atoms with E-state index in [0.29, 0.717) is 16.2 Å². The molecule has 22 heavy (non-hydrogen) atoms. The van der Waals surface area contributed by atoms with Crippen molar-refractivity contribution in [2.24, 2.45) is 0 Å². The number of rotatable bonds is 3. The van der Waals surface area contributed by atoms with E-state index >= 15 is 0 Å². The molecule has 1 heterocycles. The Hall–Kier alpha value is -2.01. The molecular formula is C17H19NO3S. The van der Waals surface area contributed by atoms with Gasteiger partial charge in [-0.15, -0.1) is 0 Å². The predicted molar refractivity (Wildman–Crippen MR) is 87.0 cm³/mol. The van der Waals surface area contributed by atoms with Crippen molar-refractivity contribution in [3.05, 3.63) is 53.6 Å². The van der Waals surface area contributed by atoms with Crippen LogP contribution in [0.3, 0.4) is 0 Å². The molecule has 0 amide bonds. The molecule has 0 fully saturated rings. The van der Waals surface area contributed by atoms with Crippen molar-refractivity contribution >= 4 is 15.7 Å². The van der Waals surface area contributed by atoms with Crippen LogP contribution in [0, 0.1) is 6.92 Å². The van der Waals surface area contributed by atoms with Crippen molar-refractivity contribution in [1.29, 1.82) is 0 Å².